The molecule has 5 heteroatoms. The van der Waals surface area contributed by atoms with Crippen LogP contribution in [0.25, 0.3) is 0 Å². The van der Waals surface area contributed by atoms with E-state index in [4.69, 9.17) is 16.3 Å². The summed E-state index contributed by atoms with van der Waals surface area (Å²) >= 11 is 5.93. The Bertz CT molecular complexity index is 583. The monoisotopic (exact) mass is 275 g/mol. The maximum absolute atomic E-state index is 5.93. The zero-order valence-electron chi connectivity index (χ0n) is 10.6. The quantitative estimate of drug-likeness (QED) is 0.750. The summed E-state index contributed by atoms with van der Waals surface area (Å²) in [5.74, 6) is 1.79. The molecule has 1 aliphatic heterocycles. The number of fused-ring (bicyclic) bond motifs is 1. The number of benzene rings is 1. The molecule has 2 aromatic rings. The summed E-state index contributed by atoms with van der Waals surface area (Å²) in [7, 11) is 0. The van der Waals surface area contributed by atoms with Crippen molar-refractivity contribution in [2.45, 2.75) is 13.5 Å². The highest BCUT2D eigenvalue weighted by Gasteiger charge is 2.17. The van der Waals surface area contributed by atoms with Crippen molar-refractivity contribution in [1.82, 2.24) is 9.97 Å². The Morgan fingerprint density at radius 2 is 2.11 bits per heavy atom. The van der Waals surface area contributed by atoms with Crippen molar-refractivity contribution in [3.8, 4) is 5.75 Å². The summed E-state index contributed by atoms with van der Waals surface area (Å²) in [6.45, 7) is 4.10. The zero-order chi connectivity index (χ0) is 13.2. The predicted octanol–water partition coefficient (Wildman–Crippen LogP) is 2.84. The first-order valence-corrected chi connectivity index (χ1v) is 6.57. The summed E-state index contributed by atoms with van der Waals surface area (Å²) in [4.78, 5) is 10.5. The van der Waals surface area contributed by atoms with Gasteiger partial charge in [-0.05, 0) is 24.6 Å². The van der Waals surface area contributed by atoms with E-state index in [1.165, 1.54) is 0 Å². The Morgan fingerprint density at radius 1 is 1.26 bits per heavy atom. The molecule has 1 aliphatic rings. The van der Waals surface area contributed by atoms with Gasteiger partial charge in [0.25, 0.3) is 0 Å². The summed E-state index contributed by atoms with van der Waals surface area (Å²) in [5.41, 5.74) is 2.03. The third-order valence-corrected chi connectivity index (χ3v) is 3.26. The van der Waals surface area contributed by atoms with Crippen molar-refractivity contribution in [3.05, 3.63) is 46.9 Å². The molecular weight excluding hydrogens is 262 g/mol. The maximum Gasteiger partial charge on any atom is 0.224 e. The molecule has 0 saturated heterocycles. The van der Waals surface area contributed by atoms with Crippen molar-refractivity contribution >= 4 is 17.4 Å². The van der Waals surface area contributed by atoms with Gasteiger partial charge < -0.3 is 9.64 Å². The molecular formula is C14H14ClN3O. The number of nitrogens with zero attached hydrogens (tertiary/aromatic N) is 3. The lowest BCUT2D eigenvalue weighted by Crippen LogP contribution is -2.26. The average Bonchev–Trinajstić information content (AvgIpc) is 2.59. The molecule has 3 rings (SSSR count). The number of aryl methyl sites for hydroxylation is 1. The number of ether oxygens (including phenoxy) is 1. The molecule has 1 aromatic heterocycles. The molecule has 0 radical (unpaired) electrons. The molecule has 0 unspecified atom stereocenters. The lowest BCUT2D eigenvalue weighted by Gasteiger charge is -2.21. The molecule has 0 bridgehead atoms. The van der Waals surface area contributed by atoms with Crippen molar-refractivity contribution in [3.63, 3.8) is 0 Å². The molecule has 0 atom stereocenters. The van der Waals surface area contributed by atoms with Crippen LogP contribution in [0.2, 0.25) is 5.28 Å². The second kappa shape index (κ2) is 5.05. The fourth-order valence-corrected chi connectivity index (χ4v) is 2.42. The van der Waals surface area contributed by atoms with Gasteiger partial charge in [-0.25, -0.2) is 9.97 Å². The first kappa shape index (κ1) is 12.2. The van der Waals surface area contributed by atoms with E-state index < -0.39 is 0 Å². The number of para-hydroxylation sites is 1. The van der Waals surface area contributed by atoms with E-state index >= 15 is 0 Å². The van der Waals surface area contributed by atoms with Gasteiger partial charge in [-0.1, -0.05) is 18.2 Å². The van der Waals surface area contributed by atoms with Gasteiger partial charge in [0, 0.05) is 23.9 Å². The van der Waals surface area contributed by atoms with Crippen LogP contribution in [0.3, 0.4) is 0 Å². The number of anilines is 1. The van der Waals surface area contributed by atoms with Crippen LogP contribution in [-0.4, -0.2) is 23.1 Å². The lowest BCUT2D eigenvalue weighted by molar-refractivity contribution is 0.331. The van der Waals surface area contributed by atoms with E-state index in [2.05, 4.69) is 20.9 Å². The fourth-order valence-electron chi connectivity index (χ4n) is 2.20. The maximum atomic E-state index is 5.93. The number of aromatic nitrogens is 2. The third kappa shape index (κ3) is 2.63. The van der Waals surface area contributed by atoms with E-state index in [0.29, 0.717) is 6.61 Å². The number of rotatable bonds is 1. The molecule has 0 aliphatic carbocycles. The number of halogens is 1. The SMILES string of the molecule is Cc1cc(N2CCOc3ccccc3C2)nc(Cl)n1. The Kier molecular flexibility index (Phi) is 3.25. The van der Waals surface area contributed by atoms with Crippen LogP contribution in [0.5, 0.6) is 5.75 Å². The Labute approximate surface area is 117 Å². The summed E-state index contributed by atoms with van der Waals surface area (Å²) in [6.07, 6.45) is 0. The van der Waals surface area contributed by atoms with Gasteiger partial charge in [-0.3, -0.25) is 0 Å². The van der Waals surface area contributed by atoms with Crippen LogP contribution in [0.4, 0.5) is 5.82 Å². The Morgan fingerprint density at radius 3 is 2.95 bits per heavy atom. The third-order valence-electron chi connectivity index (χ3n) is 3.09. The second-order valence-electron chi connectivity index (χ2n) is 4.51. The van der Waals surface area contributed by atoms with E-state index in [0.717, 1.165) is 35.9 Å². The van der Waals surface area contributed by atoms with Crippen LogP contribution in [0.1, 0.15) is 11.3 Å². The first-order chi connectivity index (χ1) is 9.22. The van der Waals surface area contributed by atoms with Crippen molar-refractivity contribution in [1.29, 1.82) is 0 Å². The second-order valence-corrected chi connectivity index (χ2v) is 4.85. The molecule has 98 valence electrons. The highest BCUT2D eigenvalue weighted by Crippen LogP contribution is 2.25. The smallest absolute Gasteiger partial charge is 0.224 e. The molecule has 0 amide bonds. The molecule has 1 aromatic carbocycles. The van der Waals surface area contributed by atoms with Gasteiger partial charge >= 0.3 is 0 Å². The van der Waals surface area contributed by atoms with Crippen molar-refractivity contribution in [2.24, 2.45) is 0 Å². The Balaban J connectivity index is 1.94. The van der Waals surface area contributed by atoms with Crippen LogP contribution >= 0.6 is 11.6 Å². The average molecular weight is 276 g/mol. The van der Waals surface area contributed by atoms with Crippen molar-refractivity contribution < 1.29 is 4.74 Å². The highest BCUT2D eigenvalue weighted by molar-refractivity contribution is 6.28. The van der Waals surface area contributed by atoms with E-state index in [1.54, 1.807) is 0 Å². The lowest BCUT2D eigenvalue weighted by atomic mass is 10.2. The van der Waals surface area contributed by atoms with Crippen LogP contribution < -0.4 is 9.64 Å². The number of hydrogen-bond donors (Lipinski definition) is 0. The summed E-state index contributed by atoms with van der Waals surface area (Å²) in [6, 6.07) is 10.0. The highest BCUT2D eigenvalue weighted by atomic mass is 35.5. The summed E-state index contributed by atoms with van der Waals surface area (Å²) in [5, 5.41) is 0.286. The molecule has 0 spiro atoms. The number of hydrogen-bond acceptors (Lipinski definition) is 4. The van der Waals surface area contributed by atoms with Crippen LogP contribution in [0, 0.1) is 6.92 Å². The van der Waals surface area contributed by atoms with Crippen molar-refractivity contribution in [2.75, 3.05) is 18.1 Å². The van der Waals surface area contributed by atoms with Gasteiger partial charge in [-0.2, -0.15) is 0 Å². The Hall–Kier alpha value is -1.81. The minimum atomic E-state index is 0.286. The van der Waals surface area contributed by atoms with Gasteiger partial charge in [-0.15, -0.1) is 0 Å². The summed E-state index contributed by atoms with van der Waals surface area (Å²) < 4.78 is 5.74. The van der Waals surface area contributed by atoms with E-state index in [9.17, 15) is 0 Å². The topological polar surface area (TPSA) is 38.2 Å². The molecule has 0 fully saturated rings. The zero-order valence-corrected chi connectivity index (χ0v) is 11.4. The van der Waals surface area contributed by atoms with Gasteiger partial charge in [0.15, 0.2) is 0 Å². The molecule has 0 N–H and O–H groups in total. The standard InChI is InChI=1S/C14H14ClN3O/c1-10-8-13(17-14(15)16-10)18-6-7-19-12-5-3-2-4-11(12)9-18/h2-5,8H,6-7,9H2,1H3. The first-order valence-electron chi connectivity index (χ1n) is 6.19. The normalized spacial score (nSPS) is 14.5. The molecule has 0 saturated carbocycles. The predicted molar refractivity (Wildman–Crippen MR) is 74.8 cm³/mol. The van der Waals surface area contributed by atoms with Gasteiger partial charge in [0.05, 0.1) is 6.54 Å². The largest absolute Gasteiger partial charge is 0.491 e. The minimum Gasteiger partial charge on any atom is -0.491 e. The molecule has 2 heterocycles. The minimum absolute atomic E-state index is 0.286. The molecule has 19 heavy (non-hydrogen) atoms. The van der Waals surface area contributed by atoms with Crippen LogP contribution in [-0.2, 0) is 6.54 Å². The van der Waals surface area contributed by atoms with E-state index in [-0.39, 0.29) is 5.28 Å². The molecule has 4 nitrogen and oxygen atoms in total. The van der Waals surface area contributed by atoms with Gasteiger partial charge in [0.1, 0.15) is 18.2 Å². The van der Waals surface area contributed by atoms with E-state index in [1.807, 2.05) is 31.2 Å². The van der Waals surface area contributed by atoms with Crippen LogP contribution in [0.15, 0.2) is 30.3 Å². The fraction of sp³-hybridized carbons (Fsp3) is 0.286. The van der Waals surface area contributed by atoms with Gasteiger partial charge in [0.2, 0.25) is 5.28 Å².